The first-order valence-corrected chi connectivity index (χ1v) is 2.21. The molecule has 0 aromatic carbocycles. The number of hydrogen-bond acceptors (Lipinski definition) is 4. The third kappa shape index (κ3) is 1.59. The van der Waals surface area contributed by atoms with Crippen LogP contribution >= 0.6 is 0 Å². The molecule has 0 amide bonds. The largest absolute Gasteiger partial charge is 0.323 e. The minimum absolute atomic E-state index is 0.660. The highest BCUT2D eigenvalue weighted by atomic mass is 15.2. The predicted molar refractivity (Wildman–Crippen MR) is 34.6 cm³/mol. The van der Waals surface area contributed by atoms with Crippen molar-refractivity contribution in [3.05, 3.63) is 0 Å². The highest BCUT2D eigenvalue weighted by Crippen LogP contribution is 1.76. The van der Waals surface area contributed by atoms with Crippen LogP contribution in [0.25, 0.3) is 0 Å². The standard InChI is InChI=1S/C4H10N4/c1-3(7-5)4(2)8-6/h5-6H2,1-2H3/b7-3-,8-4-. The van der Waals surface area contributed by atoms with Gasteiger partial charge in [0.05, 0.1) is 11.4 Å². The van der Waals surface area contributed by atoms with Crippen molar-refractivity contribution in [2.75, 3.05) is 0 Å². The Morgan fingerprint density at radius 1 is 1.00 bits per heavy atom. The molecule has 46 valence electrons. The summed E-state index contributed by atoms with van der Waals surface area (Å²) in [7, 11) is 0. The van der Waals surface area contributed by atoms with E-state index in [1.165, 1.54) is 0 Å². The molecule has 8 heavy (non-hydrogen) atoms. The number of hydrazone groups is 2. The van der Waals surface area contributed by atoms with Crippen LogP contribution in [-0.2, 0) is 0 Å². The van der Waals surface area contributed by atoms with Gasteiger partial charge in [0.15, 0.2) is 0 Å². The molecule has 0 rings (SSSR count). The maximum absolute atomic E-state index is 4.90. The van der Waals surface area contributed by atoms with Crippen molar-refractivity contribution < 1.29 is 0 Å². The van der Waals surface area contributed by atoms with Gasteiger partial charge in [-0.1, -0.05) is 0 Å². The summed E-state index contributed by atoms with van der Waals surface area (Å²) >= 11 is 0. The summed E-state index contributed by atoms with van der Waals surface area (Å²) < 4.78 is 0. The van der Waals surface area contributed by atoms with Crippen molar-refractivity contribution in [2.24, 2.45) is 21.9 Å². The average Bonchev–Trinajstić information content (AvgIpc) is 1.84. The molecule has 0 aliphatic carbocycles. The van der Waals surface area contributed by atoms with E-state index in [1.54, 1.807) is 13.8 Å². The SMILES string of the molecule is CC(=N/N)/C(C)=N\N. The van der Waals surface area contributed by atoms with Crippen molar-refractivity contribution in [3.63, 3.8) is 0 Å². The summed E-state index contributed by atoms with van der Waals surface area (Å²) in [5, 5.41) is 6.73. The lowest BCUT2D eigenvalue weighted by molar-refractivity contribution is 1.22. The highest BCUT2D eigenvalue weighted by molar-refractivity contribution is 6.40. The van der Waals surface area contributed by atoms with Gasteiger partial charge in [0.2, 0.25) is 0 Å². The van der Waals surface area contributed by atoms with Gasteiger partial charge >= 0.3 is 0 Å². The Bertz CT molecular complexity index is 108. The van der Waals surface area contributed by atoms with Crippen LogP contribution in [0.5, 0.6) is 0 Å². The number of nitrogens with zero attached hydrogens (tertiary/aromatic N) is 2. The number of rotatable bonds is 1. The van der Waals surface area contributed by atoms with E-state index in [1.807, 2.05) is 0 Å². The first-order chi connectivity index (χ1) is 3.72. The number of hydrogen-bond donors (Lipinski definition) is 2. The molecule has 0 saturated carbocycles. The Morgan fingerprint density at radius 3 is 1.38 bits per heavy atom. The summed E-state index contributed by atoms with van der Waals surface area (Å²) in [5.74, 6) is 9.80. The Labute approximate surface area is 48.2 Å². The number of nitrogens with two attached hydrogens (primary N) is 2. The molecule has 4 N–H and O–H groups in total. The van der Waals surface area contributed by atoms with Gasteiger partial charge in [0.1, 0.15) is 0 Å². The molecule has 0 aromatic rings. The van der Waals surface area contributed by atoms with E-state index in [0.717, 1.165) is 0 Å². The lowest BCUT2D eigenvalue weighted by Crippen LogP contribution is -2.09. The van der Waals surface area contributed by atoms with E-state index in [0.29, 0.717) is 11.4 Å². The van der Waals surface area contributed by atoms with Crippen LogP contribution in [0.3, 0.4) is 0 Å². The molecule has 4 heteroatoms. The molecular formula is C4H10N4. The molecule has 4 nitrogen and oxygen atoms in total. The van der Waals surface area contributed by atoms with Crippen molar-refractivity contribution in [2.45, 2.75) is 13.8 Å². The van der Waals surface area contributed by atoms with Gasteiger partial charge < -0.3 is 11.7 Å². The molecule has 0 atom stereocenters. The topological polar surface area (TPSA) is 76.8 Å². The Morgan fingerprint density at radius 2 is 1.25 bits per heavy atom. The molecule has 0 radical (unpaired) electrons. The van der Waals surface area contributed by atoms with Gasteiger partial charge in [-0.25, -0.2) is 0 Å². The van der Waals surface area contributed by atoms with Crippen molar-refractivity contribution in [3.8, 4) is 0 Å². The fourth-order valence-electron chi connectivity index (χ4n) is 0.187. The van der Waals surface area contributed by atoms with Crippen LogP contribution in [0, 0.1) is 0 Å². The Balaban J connectivity index is 4.04. The van der Waals surface area contributed by atoms with Crippen molar-refractivity contribution >= 4 is 11.4 Å². The molecular weight excluding hydrogens is 104 g/mol. The second-order valence-corrected chi connectivity index (χ2v) is 1.43. The fourth-order valence-corrected chi connectivity index (χ4v) is 0.187. The lowest BCUT2D eigenvalue weighted by atomic mass is 10.3. The van der Waals surface area contributed by atoms with Crippen LogP contribution in [0.15, 0.2) is 10.2 Å². The summed E-state index contributed by atoms with van der Waals surface area (Å²) in [6.07, 6.45) is 0. The third-order valence-electron chi connectivity index (χ3n) is 0.911. The summed E-state index contributed by atoms with van der Waals surface area (Å²) in [4.78, 5) is 0. The zero-order valence-electron chi connectivity index (χ0n) is 5.05. The quantitative estimate of drug-likeness (QED) is 0.278. The molecule has 0 aromatic heterocycles. The minimum atomic E-state index is 0.660. The molecule has 0 aliphatic heterocycles. The lowest BCUT2D eigenvalue weighted by Gasteiger charge is -1.91. The van der Waals surface area contributed by atoms with Crippen LogP contribution in [0.2, 0.25) is 0 Å². The van der Waals surface area contributed by atoms with E-state index >= 15 is 0 Å². The second-order valence-electron chi connectivity index (χ2n) is 1.43. The maximum atomic E-state index is 4.90. The van der Waals surface area contributed by atoms with Crippen LogP contribution in [0.4, 0.5) is 0 Å². The van der Waals surface area contributed by atoms with E-state index in [2.05, 4.69) is 10.2 Å². The first kappa shape index (κ1) is 6.94. The fraction of sp³-hybridized carbons (Fsp3) is 0.500. The zero-order chi connectivity index (χ0) is 6.57. The summed E-state index contributed by atoms with van der Waals surface area (Å²) in [5.41, 5.74) is 1.32. The first-order valence-electron chi connectivity index (χ1n) is 2.21. The van der Waals surface area contributed by atoms with Crippen LogP contribution < -0.4 is 11.7 Å². The summed E-state index contributed by atoms with van der Waals surface area (Å²) in [6, 6.07) is 0. The van der Waals surface area contributed by atoms with Gasteiger partial charge in [-0.15, -0.1) is 0 Å². The van der Waals surface area contributed by atoms with Crippen molar-refractivity contribution in [1.29, 1.82) is 0 Å². The predicted octanol–water partition coefficient (Wildman–Crippen LogP) is -0.344. The van der Waals surface area contributed by atoms with E-state index in [9.17, 15) is 0 Å². The van der Waals surface area contributed by atoms with Crippen LogP contribution in [0.1, 0.15) is 13.8 Å². The summed E-state index contributed by atoms with van der Waals surface area (Å²) in [6.45, 7) is 3.48. The molecule has 0 fully saturated rings. The smallest absolute Gasteiger partial charge is 0.0798 e. The third-order valence-corrected chi connectivity index (χ3v) is 0.911. The van der Waals surface area contributed by atoms with E-state index < -0.39 is 0 Å². The van der Waals surface area contributed by atoms with Gasteiger partial charge in [0.25, 0.3) is 0 Å². The molecule has 0 bridgehead atoms. The van der Waals surface area contributed by atoms with Gasteiger partial charge in [0, 0.05) is 0 Å². The van der Waals surface area contributed by atoms with E-state index in [-0.39, 0.29) is 0 Å². The van der Waals surface area contributed by atoms with Crippen LogP contribution in [-0.4, -0.2) is 11.4 Å². The molecule has 0 heterocycles. The Kier molecular flexibility index (Phi) is 2.61. The van der Waals surface area contributed by atoms with E-state index in [4.69, 9.17) is 11.7 Å². The molecule has 0 saturated heterocycles. The zero-order valence-corrected chi connectivity index (χ0v) is 5.05. The molecule has 0 unspecified atom stereocenters. The van der Waals surface area contributed by atoms with Gasteiger partial charge in [-0.2, -0.15) is 10.2 Å². The highest BCUT2D eigenvalue weighted by Gasteiger charge is 1.91. The maximum Gasteiger partial charge on any atom is 0.0798 e. The normalized spacial score (nSPS) is 14.2. The minimum Gasteiger partial charge on any atom is -0.323 e. The molecule has 0 spiro atoms. The van der Waals surface area contributed by atoms with Gasteiger partial charge in [-0.3, -0.25) is 0 Å². The molecule has 0 aliphatic rings. The monoisotopic (exact) mass is 114 g/mol. The second kappa shape index (κ2) is 3.01. The van der Waals surface area contributed by atoms with Gasteiger partial charge in [-0.05, 0) is 13.8 Å². The van der Waals surface area contributed by atoms with Crippen molar-refractivity contribution in [1.82, 2.24) is 0 Å². The Hall–Kier alpha value is -1.06. The average molecular weight is 114 g/mol.